The lowest BCUT2D eigenvalue weighted by Gasteiger charge is -2.08. The summed E-state index contributed by atoms with van der Waals surface area (Å²) < 4.78 is 0.894. The summed E-state index contributed by atoms with van der Waals surface area (Å²) in [6.45, 7) is 2.38. The van der Waals surface area contributed by atoms with Gasteiger partial charge in [0.25, 0.3) is 5.91 Å². The van der Waals surface area contributed by atoms with E-state index in [1.54, 1.807) is 0 Å². The molecule has 98 valence electrons. The summed E-state index contributed by atoms with van der Waals surface area (Å²) in [6.07, 6.45) is 0. The summed E-state index contributed by atoms with van der Waals surface area (Å²) in [5.41, 5.74) is 2.61. The van der Waals surface area contributed by atoms with Crippen LogP contribution in [0.2, 0.25) is 5.02 Å². The lowest BCUT2D eigenvalue weighted by atomic mass is 10.1. The molecule has 0 saturated heterocycles. The molecule has 1 N–H and O–H groups in total. The highest BCUT2D eigenvalue weighted by Crippen LogP contribution is 2.16. The number of carbonyl (C=O) groups is 1. The van der Waals surface area contributed by atoms with Gasteiger partial charge in [0.2, 0.25) is 0 Å². The first-order valence-corrected chi connectivity index (χ1v) is 7.02. The van der Waals surface area contributed by atoms with Crippen LogP contribution in [0.3, 0.4) is 0 Å². The Morgan fingerprint density at radius 2 is 2.05 bits per heavy atom. The number of hydrogen-bond donors (Lipinski definition) is 1. The van der Waals surface area contributed by atoms with Gasteiger partial charge in [-0.05, 0) is 42.3 Å². The van der Waals surface area contributed by atoms with Gasteiger partial charge < -0.3 is 5.32 Å². The minimum absolute atomic E-state index is 0.0845. The van der Waals surface area contributed by atoms with Crippen LogP contribution in [0.5, 0.6) is 0 Å². The maximum Gasteiger partial charge on any atom is 0.251 e. The van der Waals surface area contributed by atoms with E-state index in [-0.39, 0.29) is 5.91 Å². The highest BCUT2D eigenvalue weighted by molar-refractivity contribution is 9.10. The van der Waals surface area contributed by atoms with Gasteiger partial charge in [0.1, 0.15) is 0 Å². The van der Waals surface area contributed by atoms with E-state index >= 15 is 0 Å². The SMILES string of the molecule is Cc1ccc(Br)cc1C(=O)NCc1cccc(Cl)c1. The van der Waals surface area contributed by atoms with Gasteiger partial charge in [-0.1, -0.05) is 45.7 Å². The van der Waals surface area contributed by atoms with Crippen molar-refractivity contribution >= 4 is 33.4 Å². The molecule has 0 heterocycles. The zero-order chi connectivity index (χ0) is 13.8. The third kappa shape index (κ3) is 3.82. The molecule has 0 aliphatic carbocycles. The van der Waals surface area contributed by atoms with E-state index in [0.29, 0.717) is 17.1 Å². The predicted octanol–water partition coefficient (Wildman–Crippen LogP) is 4.34. The molecule has 1 amide bonds. The highest BCUT2D eigenvalue weighted by atomic mass is 79.9. The van der Waals surface area contributed by atoms with Crippen molar-refractivity contribution in [3.8, 4) is 0 Å². The summed E-state index contributed by atoms with van der Waals surface area (Å²) in [4.78, 5) is 12.1. The zero-order valence-corrected chi connectivity index (χ0v) is 12.8. The van der Waals surface area contributed by atoms with Crippen LogP contribution in [0.1, 0.15) is 21.5 Å². The molecule has 2 aromatic carbocycles. The first-order chi connectivity index (χ1) is 9.06. The Kier molecular flexibility index (Phi) is 4.61. The number of halogens is 2. The van der Waals surface area contributed by atoms with Crippen molar-refractivity contribution in [2.45, 2.75) is 13.5 Å². The minimum Gasteiger partial charge on any atom is -0.348 e. The average molecular weight is 339 g/mol. The predicted molar refractivity (Wildman–Crippen MR) is 81.5 cm³/mol. The summed E-state index contributed by atoms with van der Waals surface area (Å²) >= 11 is 9.28. The normalized spacial score (nSPS) is 10.3. The molecule has 0 spiro atoms. The van der Waals surface area contributed by atoms with Gasteiger partial charge in [0.05, 0.1) is 0 Å². The van der Waals surface area contributed by atoms with Crippen LogP contribution in [0, 0.1) is 6.92 Å². The number of nitrogens with one attached hydrogen (secondary N) is 1. The van der Waals surface area contributed by atoms with Crippen molar-refractivity contribution < 1.29 is 4.79 Å². The van der Waals surface area contributed by atoms with E-state index in [1.807, 2.05) is 49.4 Å². The Hall–Kier alpha value is -1.32. The number of hydrogen-bond acceptors (Lipinski definition) is 1. The lowest BCUT2D eigenvalue weighted by Crippen LogP contribution is -2.23. The summed E-state index contributed by atoms with van der Waals surface area (Å²) in [6, 6.07) is 13.1. The van der Waals surface area contributed by atoms with Crippen LogP contribution in [0.4, 0.5) is 0 Å². The standard InChI is InChI=1S/C15H13BrClNO/c1-10-5-6-12(16)8-14(10)15(19)18-9-11-3-2-4-13(17)7-11/h2-8H,9H2,1H3,(H,18,19). The van der Waals surface area contributed by atoms with Gasteiger partial charge in [-0.3, -0.25) is 4.79 Å². The third-order valence-electron chi connectivity index (χ3n) is 2.79. The van der Waals surface area contributed by atoms with Crippen LogP contribution < -0.4 is 5.32 Å². The number of amides is 1. The third-order valence-corrected chi connectivity index (χ3v) is 3.51. The van der Waals surface area contributed by atoms with Gasteiger partial charge in [-0.2, -0.15) is 0 Å². The highest BCUT2D eigenvalue weighted by Gasteiger charge is 2.09. The molecule has 0 aliphatic rings. The molecule has 0 bridgehead atoms. The molecule has 0 aromatic heterocycles. The van der Waals surface area contributed by atoms with Gasteiger partial charge in [-0.15, -0.1) is 0 Å². The maximum absolute atomic E-state index is 12.1. The molecule has 4 heteroatoms. The molecule has 2 nitrogen and oxygen atoms in total. The van der Waals surface area contributed by atoms with Gasteiger partial charge in [0.15, 0.2) is 0 Å². The summed E-state index contributed by atoms with van der Waals surface area (Å²) in [5, 5.41) is 3.56. The molecule has 0 saturated carbocycles. The molecule has 0 aliphatic heterocycles. The van der Waals surface area contributed by atoms with Gasteiger partial charge >= 0.3 is 0 Å². The van der Waals surface area contributed by atoms with Crippen LogP contribution >= 0.6 is 27.5 Å². The molecule has 0 fully saturated rings. The van der Waals surface area contributed by atoms with Crippen LogP contribution in [0.25, 0.3) is 0 Å². The van der Waals surface area contributed by atoms with Crippen molar-refractivity contribution in [2.75, 3.05) is 0 Å². The van der Waals surface area contributed by atoms with Crippen molar-refractivity contribution in [1.82, 2.24) is 5.32 Å². The van der Waals surface area contributed by atoms with Gasteiger partial charge in [0, 0.05) is 21.6 Å². The van der Waals surface area contributed by atoms with Crippen molar-refractivity contribution in [3.05, 3.63) is 68.7 Å². The molecule has 2 rings (SSSR count). The molecule has 0 radical (unpaired) electrons. The number of aryl methyl sites for hydroxylation is 1. The molecular formula is C15H13BrClNO. The number of benzene rings is 2. The number of carbonyl (C=O) groups excluding carboxylic acids is 1. The quantitative estimate of drug-likeness (QED) is 0.886. The van der Waals surface area contributed by atoms with Crippen LogP contribution in [-0.2, 0) is 6.54 Å². The van der Waals surface area contributed by atoms with E-state index in [1.165, 1.54) is 0 Å². The maximum atomic E-state index is 12.1. The fourth-order valence-corrected chi connectivity index (χ4v) is 2.34. The van der Waals surface area contributed by atoms with E-state index in [0.717, 1.165) is 15.6 Å². The van der Waals surface area contributed by atoms with E-state index in [9.17, 15) is 4.79 Å². The first kappa shape index (κ1) is 14.1. The fraction of sp³-hybridized carbons (Fsp3) is 0.133. The van der Waals surface area contributed by atoms with E-state index < -0.39 is 0 Å². The lowest BCUT2D eigenvalue weighted by molar-refractivity contribution is 0.0950. The Morgan fingerprint density at radius 1 is 1.26 bits per heavy atom. The van der Waals surface area contributed by atoms with Gasteiger partial charge in [-0.25, -0.2) is 0 Å². The monoisotopic (exact) mass is 337 g/mol. The molecule has 2 aromatic rings. The van der Waals surface area contributed by atoms with E-state index in [4.69, 9.17) is 11.6 Å². The Balaban J connectivity index is 2.07. The van der Waals surface area contributed by atoms with Crippen molar-refractivity contribution in [3.63, 3.8) is 0 Å². The largest absolute Gasteiger partial charge is 0.348 e. The zero-order valence-electron chi connectivity index (χ0n) is 10.4. The molecule has 19 heavy (non-hydrogen) atoms. The van der Waals surface area contributed by atoms with E-state index in [2.05, 4.69) is 21.2 Å². The smallest absolute Gasteiger partial charge is 0.251 e. The van der Waals surface area contributed by atoms with Crippen molar-refractivity contribution in [1.29, 1.82) is 0 Å². The minimum atomic E-state index is -0.0845. The topological polar surface area (TPSA) is 29.1 Å². The fourth-order valence-electron chi connectivity index (χ4n) is 1.76. The Labute approximate surface area is 125 Å². The Morgan fingerprint density at radius 3 is 2.79 bits per heavy atom. The molecular weight excluding hydrogens is 326 g/mol. The second kappa shape index (κ2) is 6.22. The van der Waals surface area contributed by atoms with Crippen LogP contribution in [-0.4, -0.2) is 5.91 Å². The summed E-state index contributed by atoms with van der Waals surface area (Å²) in [7, 11) is 0. The Bertz CT molecular complexity index is 613. The molecule has 0 unspecified atom stereocenters. The first-order valence-electron chi connectivity index (χ1n) is 5.85. The number of rotatable bonds is 3. The second-order valence-electron chi connectivity index (χ2n) is 4.27. The molecule has 0 atom stereocenters. The van der Waals surface area contributed by atoms with Crippen LogP contribution in [0.15, 0.2) is 46.9 Å². The average Bonchev–Trinajstić information content (AvgIpc) is 2.39. The van der Waals surface area contributed by atoms with Crippen molar-refractivity contribution in [2.24, 2.45) is 0 Å². The second-order valence-corrected chi connectivity index (χ2v) is 5.62. The summed E-state index contributed by atoms with van der Waals surface area (Å²) in [5.74, 6) is -0.0845.